The second-order valence-electron chi connectivity index (χ2n) is 11.5. The predicted molar refractivity (Wildman–Crippen MR) is 194 cm³/mol. The second-order valence-corrected chi connectivity index (χ2v) is 14.0. The van der Waals surface area contributed by atoms with Gasteiger partial charge in [-0.1, -0.05) is 55.0 Å². The van der Waals surface area contributed by atoms with Crippen molar-refractivity contribution in [2.24, 2.45) is 0 Å². The summed E-state index contributed by atoms with van der Waals surface area (Å²) in [6, 6.07) is 23.5. The summed E-state index contributed by atoms with van der Waals surface area (Å²) in [5.74, 6) is -1.52. The fraction of sp³-hybridized carbons (Fsp3) is 0.263. The number of thiophene rings is 1. The molecular formula is C38H39N3O5S2. The average molecular weight is 682 g/mol. The fourth-order valence-electron chi connectivity index (χ4n) is 5.41. The molecule has 1 atom stereocenters. The van der Waals surface area contributed by atoms with E-state index in [0.29, 0.717) is 21.8 Å². The maximum absolute atomic E-state index is 13.6. The Balaban J connectivity index is 1.30. The van der Waals surface area contributed by atoms with Crippen LogP contribution >= 0.6 is 23.1 Å². The predicted octanol–water partition coefficient (Wildman–Crippen LogP) is 8.03. The first-order valence-corrected chi connectivity index (χ1v) is 17.8. The lowest BCUT2D eigenvalue weighted by atomic mass is 10.1. The van der Waals surface area contributed by atoms with Gasteiger partial charge in [0.05, 0.1) is 17.4 Å². The molecule has 5 rings (SSSR count). The molecule has 0 fully saturated rings. The molecule has 8 nitrogen and oxygen atoms in total. The highest BCUT2D eigenvalue weighted by molar-refractivity contribution is 8.00. The highest BCUT2D eigenvalue weighted by Gasteiger charge is 2.28. The Kier molecular flexibility index (Phi) is 11.9. The zero-order valence-corrected chi connectivity index (χ0v) is 28.9. The number of carbonyl (C=O) groups is 4. The third-order valence-corrected chi connectivity index (χ3v) is 10.2. The maximum atomic E-state index is 13.6. The van der Waals surface area contributed by atoms with Gasteiger partial charge in [-0.2, -0.15) is 0 Å². The van der Waals surface area contributed by atoms with Crippen LogP contribution in [-0.4, -0.2) is 35.5 Å². The molecule has 10 heteroatoms. The SMILES string of the molecule is CCOC(=O)c1c(NC(=O)C(C)Sc2cccc(NC(=O)/C(=C/c3ccccc3C)NC(=O)c3ccccc3)c2)sc2c1CCCCC2. The van der Waals surface area contributed by atoms with Gasteiger partial charge in [0, 0.05) is 21.0 Å². The van der Waals surface area contributed by atoms with Crippen molar-refractivity contribution in [1.29, 1.82) is 0 Å². The minimum Gasteiger partial charge on any atom is -0.462 e. The molecule has 3 aromatic carbocycles. The van der Waals surface area contributed by atoms with Crippen molar-refractivity contribution in [3.63, 3.8) is 0 Å². The van der Waals surface area contributed by atoms with Crippen LogP contribution in [0.3, 0.4) is 0 Å². The van der Waals surface area contributed by atoms with Gasteiger partial charge in [0.15, 0.2) is 0 Å². The molecule has 0 saturated heterocycles. The van der Waals surface area contributed by atoms with Crippen LogP contribution in [0, 0.1) is 6.92 Å². The molecule has 1 unspecified atom stereocenters. The van der Waals surface area contributed by atoms with Crippen LogP contribution in [0.4, 0.5) is 10.7 Å². The van der Waals surface area contributed by atoms with Gasteiger partial charge < -0.3 is 20.7 Å². The molecule has 3 N–H and O–H groups in total. The molecule has 0 radical (unpaired) electrons. The Labute approximate surface area is 289 Å². The van der Waals surface area contributed by atoms with E-state index in [2.05, 4.69) is 16.0 Å². The Bertz CT molecular complexity index is 1830. The molecule has 0 saturated carbocycles. The first kappa shape index (κ1) is 34.7. The van der Waals surface area contributed by atoms with Crippen LogP contribution in [0.25, 0.3) is 6.08 Å². The normalized spacial score (nSPS) is 13.4. The molecule has 3 amide bonds. The standard InChI is InChI=1S/C38H39N3O5S2/c1-4-46-38(45)33-30-20-9-6-10-21-32(30)48-37(33)41-34(42)25(3)47-29-19-13-18-28(23-29)39-36(44)31(22-27-17-12-11-14-24(27)2)40-35(43)26-15-7-5-8-16-26/h5,7-8,11-19,22-23,25H,4,6,9-10,20-21H2,1-3H3,(H,39,44)(H,40,43)(H,41,42)/b31-22-. The van der Waals surface area contributed by atoms with Gasteiger partial charge >= 0.3 is 5.97 Å². The summed E-state index contributed by atoms with van der Waals surface area (Å²) in [4.78, 5) is 54.9. The van der Waals surface area contributed by atoms with Gasteiger partial charge in [0.1, 0.15) is 10.7 Å². The van der Waals surface area contributed by atoms with E-state index >= 15 is 0 Å². The average Bonchev–Trinajstić information content (AvgIpc) is 3.25. The van der Waals surface area contributed by atoms with Crippen molar-refractivity contribution < 1.29 is 23.9 Å². The van der Waals surface area contributed by atoms with Crippen LogP contribution in [0.2, 0.25) is 0 Å². The number of fused-ring (bicyclic) bond motifs is 1. The molecule has 1 aromatic heterocycles. The van der Waals surface area contributed by atoms with E-state index in [1.807, 2.05) is 43.3 Å². The summed E-state index contributed by atoms with van der Waals surface area (Å²) in [7, 11) is 0. The number of aryl methyl sites for hydroxylation is 2. The largest absolute Gasteiger partial charge is 0.462 e. The van der Waals surface area contributed by atoms with Crippen molar-refractivity contribution in [2.75, 3.05) is 17.2 Å². The highest BCUT2D eigenvalue weighted by Crippen LogP contribution is 2.38. The quantitative estimate of drug-likeness (QED) is 0.0640. The summed E-state index contributed by atoms with van der Waals surface area (Å²) in [5, 5.41) is 8.73. The monoisotopic (exact) mass is 681 g/mol. The Morgan fingerprint density at radius 2 is 1.67 bits per heavy atom. The minimum absolute atomic E-state index is 0.0932. The van der Waals surface area contributed by atoms with Crippen LogP contribution in [0.5, 0.6) is 0 Å². The number of hydrogen-bond donors (Lipinski definition) is 3. The molecule has 0 bridgehead atoms. The molecule has 0 aliphatic heterocycles. The van der Waals surface area contributed by atoms with Crippen LogP contribution in [-0.2, 0) is 27.2 Å². The van der Waals surface area contributed by atoms with Gasteiger partial charge in [0.25, 0.3) is 11.8 Å². The molecular weight excluding hydrogens is 643 g/mol. The number of amides is 3. The zero-order valence-electron chi connectivity index (χ0n) is 27.3. The van der Waals surface area contributed by atoms with Gasteiger partial charge in [-0.05, 0) is 99.6 Å². The van der Waals surface area contributed by atoms with Crippen molar-refractivity contribution >= 4 is 63.6 Å². The fourth-order valence-corrected chi connectivity index (χ4v) is 7.62. The number of benzene rings is 3. The van der Waals surface area contributed by atoms with Gasteiger partial charge in [0.2, 0.25) is 5.91 Å². The first-order chi connectivity index (χ1) is 23.2. The van der Waals surface area contributed by atoms with E-state index in [1.54, 1.807) is 62.4 Å². The summed E-state index contributed by atoms with van der Waals surface area (Å²) >= 11 is 2.81. The lowest BCUT2D eigenvalue weighted by Gasteiger charge is -2.14. The van der Waals surface area contributed by atoms with E-state index in [-0.39, 0.29) is 18.2 Å². The Morgan fingerprint density at radius 1 is 0.917 bits per heavy atom. The Morgan fingerprint density at radius 3 is 2.44 bits per heavy atom. The van der Waals surface area contributed by atoms with E-state index in [1.165, 1.54) is 23.1 Å². The topological polar surface area (TPSA) is 114 Å². The third-order valence-electron chi connectivity index (χ3n) is 7.93. The van der Waals surface area contributed by atoms with Crippen LogP contribution in [0.1, 0.15) is 75.4 Å². The molecule has 0 spiro atoms. The van der Waals surface area contributed by atoms with Gasteiger partial charge in [-0.15, -0.1) is 23.1 Å². The highest BCUT2D eigenvalue weighted by atomic mass is 32.2. The van der Waals surface area contributed by atoms with Crippen molar-refractivity contribution in [2.45, 2.75) is 63.0 Å². The minimum atomic E-state index is -0.505. The van der Waals surface area contributed by atoms with E-state index < -0.39 is 23.0 Å². The Hall–Kier alpha value is -4.67. The van der Waals surface area contributed by atoms with Crippen molar-refractivity contribution in [3.05, 3.63) is 117 Å². The number of hydrogen-bond acceptors (Lipinski definition) is 7. The number of carbonyl (C=O) groups excluding carboxylic acids is 4. The number of thioether (sulfide) groups is 1. The second kappa shape index (κ2) is 16.4. The number of nitrogens with one attached hydrogen (secondary N) is 3. The van der Waals surface area contributed by atoms with Crippen LogP contribution < -0.4 is 16.0 Å². The van der Waals surface area contributed by atoms with Gasteiger partial charge in [-0.3, -0.25) is 14.4 Å². The van der Waals surface area contributed by atoms with Crippen molar-refractivity contribution in [1.82, 2.24) is 5.32 Å². The summed E-state index contributed by atoms with van der Waals surface area (Å²) < 4.78 is 5.37. The number of ether oxygens (including phenoxy) is 1. The number of esters is 1. The van der Waals surface area contributed by atoms with E-state index in [9.17, 15) is 19.2 Å². The molecule has 48 heavy (non-hydrogen) atoms. The number of anilines is 2. The molecule has 1 aliphatic carbocycles. The summed E-state index contributed by atoms with van der Waals surface area (Å²) in [6.07, 6.45) is 6.53. The molecule has 1 aliphatic rings. The van der Waals surface area contributed by atoms with Gasteiger partial charge in [-0.25, -0.2) is 4.79 Å². The van der Waals surface area contributed by atoms with E-state index in [0.717, 1.165) is 58.6 Å². The first-order valence-electron chi connectivity index (χ1n) is 16.1. The summed E-state index contributed by atoms with van der Waals surface area (Å²) in [6.45, 7) is 5.77. The van der Waals surface area contributed by atoms with Crippen LogP contribution in [0.15, 0.2) is 89.5 Å². The van der Waals surface area contributed by atoms with Crippen molar-refractivity contribution in [3.8, 4) is 0 Å². The smallest absolute Gasteiger partial charge is 0.341 e. The molecule has 1 heterocycles. The summed E-state index contributed by atoms with van der Waals surface area (Å²) in [5.41, 5.74) is 4.28. The molecule has 248 valence electrons. The third kappa shape index (κ3) is 8.81. The maximum Gasteiger partial charge on any atom is 0.341 e. The van der Waals surface area contributed by atoms with E-state index in [4.69, 9.17) is 4.74 Å². The lowest BCUT2D eigenvalue weighted by Crippen LogP contribution is -2.30. The zero-order chi connectivity index (χ0) is 34.0. The molecule has 4 aromatic rings. The number of rotatable bonds is 11. The lowest BCUT2D eigenvalue weighted by molar-refractivity contribution is -0.115.